The molecule has 1 N–H and O–H groups in total. The third-order valence-electron chi connectivity index (χ3n) is 7.70. The van der Waals surface area contributed by atoms with Gasteiger partial charge in [-0.25, -0.2) is 9.97 Å². The van der Waals surface area contributed by atoms with E-state index in [1.165, 1.54) is 6.33 Å². The molecule has 4 rings (SSSR count). The Morgan fingerprint density at radius 2 is 1.90 bits per heavy atom. The van der Waals surface area contributed by atoms with Gasteiger partial charge in [0.1, 0.15) is 6.33 Å². The Labute approximate surface area is 230 Å². The monoisotopic (exact) mass is 539 g/mol. The van der Waals surface area contributed by atoms with Crippen LogP contribution in [0.5, 0.6) is 11.5 Å². The topological polar surface area (TPSA) is 108 Å². The van der Waals surface area contributed by atoms with Crippen molar-refractivity contribution in [1.82, 2.24) is 24.7 Å². The van der Waals surface area contributed by atoms with E-state index in [0.717, 1.165) is 43.6 Å². The maximum absolute atomic E-state index is 13.6. The average Bonchev–Trinajstić information content (AvgIpc) is 3.54. The molecule has 0 radical (unpaired) electrons. The molecule has 0 spiro atoms. The van der Waals surface area contributed by atoms with E-state index in [4.69, 9.17) is 9.47 Å². The second-order valence-corrected chi connectivity index (χ2v) is 10.7. The minimum Gasteiger partial charge on any atom is -0.481 e. The molecule has 2 aromatic rings. The van der Waals surface area contributed by atoms with Gasteiger partial charge in [-0.3, -0.25) is 14.5 Å². The maximum atomic E-state index is 13.6. The summed E-state index contributed by atoms with van der Waals surface area (Å²) >= 11 is 0. The van der Waals surface area contributed by atoms with E-state index in [1.54, 1.807) is 6.20 Å². The predicted octanol–water partition coefficient (Wildman–Crippen LogP) is 2.89. The molecule has 1 fully saturated rings. The molecule has 1 aromatic carbocycles. The molecule has 2 aliphatic rings. The Hall–Kier alpha value is -3.24. The van der Waals surface area contributed by atoms with Crippen LogP contribution >= 0.6 is 0 Å². The molecule has 1 saturated heterocycles. The first kappa shape index (κ1) is 28.8. The van der Waals surface area contributed by atoms with Crippen molar-refractivity contribution in [1.29, 1.82) is 0 Å². The Kier molecular flexibility index (Phi) is 10.1. The summed E-state index contributed by atoms with van der Waals surface area (Å²) in [7, 11) is 4.07. The number of likely N-dealkylation sites (tertiary alicyclic amines) is 1. The summed E-state index contributed by atoms with van der Waals surface area (Å²) in [4.78, 5) is 40.9. The highest BCUT2D eigenvalue weighted by Gasteiger charge is 2.47. The quantitative estimate of drug-likeness (QED) is 0.388. The van der Waals surface area contributed by atoms with Gasteiger partial charge in [-0.05, 0) is 70.1 Å². The van der Waals surface area contributed by atoms with E-state index in [9.17, 15) is 14.7 Å². The van der Waals surface area contributed by atoms with E-state index < -0.39 is 11.9 Å². The SMILES string of the molecule is CCCCN(CCCN(C)C)C(=O)CN1CC(c2ccc3c(c2)OCO3)C(C(=O)O)C1CCc1ccncn1. The van der Waals surface area contributed by atoms with Gasteiger partial charge >= 0.3 is 5.97 Å². The number of carbonyl (C=O) groups is 2. The summed E-state index contributed by atoms with van der Waals surface area (Å²) in [5.74, 6) is -0.440. The molecular weight excluding hydrogens is 498 g/mol. The summed E-state index contributed by atoms with van der Waals surface area (Å²) in [6.07, 6.45) is 7.25. The van der Waals surface area contributed by atoms with Gasteiger partial charge in [0.05, 0.1) is 12.5 Å². The van der Waals surface area contributed by atoms with E-state index in [-0.39, 0.29) is 31.2 Å². The second-order valence-electron chi connectivity index (χ2n) is 10.7. The molecule has 3 atom stereocenters. The third kappa shape index (κ3) is 7.45. The van der Waals surface area contributed by atoms with Gasteiger partial charge in [0, 0.05) is 43.5 Å². The first-order valence-corrected chi connectivity index (χ1v) is 13.9. The maximum Gasteiger partial charge on any atom is 0.308 e. The fourth-order valence-corrected chi connectivity index (χ4v) is 5.66. The minimum absolute atomic E-state index is 0.0599. The molecule has 1 aromatic heterocycles. The molecule has 3 unspecified atom stereocenters. The molecule has 3 heterocycles. The fraction of sp³-hybridized carbons (Fsp3) is 0.586. The zero-order chi connectivity index (χ0) is 27.8. The van der Waals surface area contributed by atoms with Gasteiger partial charge in [0.2, 0.25) is 12.7 Å². The number of carboxylic acid groups (broad SMARTS) is 1. The summed E-state index contributed by atoms with van der Waals surface area (Å²) in [5.41, 5.74) is 1.75. The number of fused-ring (bicyclic) bond motifs is 1. The fourth-order valence-electron chi connectivity index (χ4n) is 5.66. The lowest BCUT2D eigenvalue weighted by molar-refractivity contribution is -0.143. The lowest BCUT2D eigenvalue weighted by atomic mass is 9.83. The highest BCUT2D eigenvalue weighted by Crippen LogP contribution is 2.43. The molecule has 1 amide bonds. The van der Waals surface area contributed by atoms with Crippen LogP contribution in [0, 0.1) is 5.92 Å². The Bertz CT molecular complexity index is 1100. The van der Waals surface area contributed by atoms with Gasteiger partial charge in [-0.1, -0.05) is 19.4 Å². The van der Waals surface area contributed by atoms with Gasteiger partial charge in [-0.15, -0.1) is 0 Å². The van der Waals surface area contributed by atoms with Crippen LogP contribution in [0.25, 0.3) is 0 Å². The number of aromatic nitrogens is 2. The first-order valence-electron chi connectivity index (χ1n) is 13.9. The van der Waals surface area contributed by atoms with Crippen LogP contribution in [-0.4, -0.2) is 101 Å². The molecule has 39 heavy (non-hydrogen) atoms. The zero-order valence-electron chi connectivity index (χ0n) is 23.3. The Morgan fingerprint density at radius 3 is 2.62 bits per heavy atom. The molecular formula is C29H41N5O5. The second kappa shape index (κ2) is 13.7. The predicted molar refractivity (Wildman–Crippen MR) is 147 cm³/mol. The Morgan fingerprint density at radius 1 is 1.10 bits per heavy atom. The summed E-state index contributed by atoms with van der Waals surface area (Å²) in [6.45, 7) is 5.30. The van der Waals surface area contributed by atoms with E-state index in [2.05, 4.69) is 26.7 Å². The largest absolute Gasteiger partial charge is 0.481 e. The Balaban J connectivity index is 1.56. The minimum atomic E-state index is -0.853. The number of aryl methyl sites for hydroxylation is 1. The summed E-state index contributed by atoms with van der Waals surface area (Å²) in [6, 6.07) is 7.21. The summed E-state index contributed by atoms with van der Waals surface area (Å²) < 4.78 is 11.0. The third-order valence-corrected chi connectivity index (χ3v) is 7.70. The van der Waals surface area contributed by atoms with Crippen molar-refractivity contribution in [3.8, 4) is 11.5 Å². The lowest BCUT2D eigenvalue weighted by Gasteiger charge is -2.30. The lowest BCUT2D eigenvalue weighted by Crippen LogP contribution is -2.45. The first-order chi connectivity index (χ1) is 18.9. The number of rotatable bonds is 14. The molecule has 0 aliphatic carbocycles. The van der Waals surface area contributed by atoms with E-state index in [0.29, 0.717) is 37.4 Å². The van der Waals surface area contributed by atoms with Crippen LogP contribution in [-0.2, 0) is 16.0 Å². The summed E-state index contributed by atoms with van der Waals surface area (Å²) in [5, 5.41) is 10.4. The van der Waals surface area contributed by atoms with Gasteiger partial charge in [0.15, 0.2) is 11.5 Å². The number of amides is 1. The van der Waals surface area contributed by atoms with Gasteiger partial charge in [0.25, 0.3) is 0 Å². The molecule has 0 saturated carbocycles. The van der Waals surface area contributed by atoms with Crippen molar-refractivity contribution < 1.29 is 24.2 Å². The van der Waals surface area contributed by atoms with Crippen LogP contribution in [0.15, 0.2) is 36.8 Å². The van der Waals surface area contributed by atoms with Crippen molar-refractivity contribution in [3.63, 3.8) is 0 Å². The van der Waals surface area contributed by atoms with Crippen LogP contribution in [0.4, 0.5) is 0 Å². The van der Waals surface area contributed by atoms with Crippen molar-refractivity contribution >= 4 is 11.9 Å². The number of aliphatic carboxylic acids is 1. The van der Waals surface area contributed by atoms with Crippen LogP contribution in [0.1, 0.15) is 49.8 Å². The van der Waals surface area contributed by atoms with Crippen molar-refractivity contribution in [2.24, 2.45) is 5.92 Å². The molecule has 10 nitrogen and oxygen atoms in total. The normalized spacial score (nSPS) is 20.5. The number of nitrogens with zero attached hydrogens (tertiary/aromatic N) is 5. The van der Waals surface area contributed by atoms with Crippen molar-refractivity contribution in [3.05, 3.63) is 48.0 Å². The van der Waals surface area contributed by atoms with Gasteiger partial charge < -0.3 is 24.4 Å². The number of hydrogen-bond acceptors (Lipinski definition) is 8. The number of hydrogen-bond donors (Lipinski definition) is 1. The smallest absolute Gasteiger partial charge is 0.308 e. The highest BCUT2D eigenvalue weighted by molar-refractivity contribution is 5.79. The molecule has 0 bridgehead atoms. The highest BCUT2D eigenvalue weighted by atomic mass is 16.7. The average molecular weight is 540 g/mol. The molecule has 212 valence electrons. The number of carboxylic acids is 1. The van der Waals surface area contributed by atoms with Crippen molar-refractivity contribution in [2.75, 3.05) is 53.6 Å². The van der Waals surface area contributed by atoms with E-state index in [1.807, 2.05) is 43.3 Å². The van der Waals surface area contributed by atoms with Gasteiger partial charge in [-0.2, -0.15) is 0 Å². The standard InChI is InChI=1S/C29H41N5O5/c1-4-5-14-33(15-6-13-32(2)3)27(35)18-34-17-23(21-7-10-25-26(16-21)39-20-38-25)28(29(36)37)24(34)9-8-22-11-12-30-19-31-22/h7,10-12,16,19,23-24,28H,4-6,8-9,13-15,17-18,20H2,1-3H3,(H,36,37). The number of unbranched alkanes of at least 4 members (excludes halogenated alkanes) is 1. The zero-order valence-corrected chi connectivity index (χ0v) is 23.3. The van der Waals surface area contributed by atoms with Crippen LogP contribution < -0.4 is 9.47 Å². The van der Waals surface area contributed by atoms with Crippen LogP contribution in [0.2, 0.25) is 0 Å². The number of benzene rings is 1. The van der Waals surface area contributed by atoms with Crippen molar-refractivity contribution in [2.45, 2.75) is 51.0 Å². The molecule has 2 aliphatic heterocycles. The number of ether oxygens (including phenoxy) is 2. The molecule has 10 heteroatoms. The number of carbonyl (C=O) groups excluding carboxylic acids is 1. The van der Waals surface area contributed by atoms with E-state index >= 15 is 0 Å². The van der Waals surface area contributed by atoms with Crippen LogP contribution in [0.3, 0.4) is 0 Å².